The van der Waals surface area contributed by atoms with Crippen molar-refractivity contribution in [2.75, 3.05) is 0 Å². The summed E-state index contributed by atoms with van der Waals surface area (Å²) >= 11 is 0. The van der Waals surface area contributed by atoms with Gasteiger partial charge in [0.1, 0.15) is 7.28 Å². The Hall–Kier alpha value is -0.195. The van der Waals surface area contributed by atoms with Crippen LogP contribution in [0.1, 0.15) is 77.6 Å². The van der Waals surface area contributed by atoms with Gasteiger partial charge in [-0.1, -0.05) is 89.0 Å². The number of hydrogen-bond donors (Lipinski definition) is 0. The monoisotopic (exact) mass is 234 g/mol. The lowest BCUT2D eigenvalue weighted by molar-refractivity contribution is 0.500. The first-order valence-electron chi connectivity index (χ1n) is 8.08. The van der Waals surface area contributed by atoms with E-state index in [0.29, 0.717) is 0 Å². The average molecular weight is 234 g/mol. The van der Waals surface area contributed by atoms with Crippen molar-refractivity contribution < 1.29 is 0 Å². The summed E-state index contributed by atoms with van der Waals surface area (Å²) < 4.78 is 0. The maximum Gasteiger partial charge on any atom is 0.124 e. The molecule has 0 saturated heterocycles. The molecule has 1 aliphatic carbocycles. The van der Waals surface area contributed by atoms with Gasteiger partial charge in [-0.2, -0.15) is 0 Å². The molecule has 0 N–H and O–H groups in total. The van der Waals surface area contributed by atoms with Gasteiger partial charge in [0.15, 0.2) is 0 Å². The van der Waals surface area contributed by atoms with Crippen LogP contribution in [0, 0.1) is 0 Å². The van der Waals surface area contributed by atoms with Gasteiger partial charge in [-0.15, -0.1) is 0 Å². The highest BCUT2D eigenvalue weighted by atomic mass is 14.1. The summed E-state index contributed by atoms with van der Waals surface area (Å²) in [5.41, 5.74) is 0. The molecule has 1 rings (SSSR count). The summed E-state index contributed by atoms with van der Waals surface area (Å²) in [4.78, 5) is 0. The second kappa shape index (κ2) is 10.9. The zero-order valence-corrected chi connectivity index (χ0v) is 11.9. The Morgan fingerprint density at radius 3 is 2.35 bits per heavy atom. The molecule has 0 aromatic heterocycles. The third kappa shape index (κ3) is 8.52. The van der Waals surface area contributed by atoms with Gasteiger partial charge >= 0.3 is 0 Å². The Morgan fingerprint density at radius 2 is 1.65 bits per heavy atom. The first kappa shape index (κ1) is 14.9. The van der Waals surface area contributed by atoms with E-state index in [4.69, 9.17) is 0 Å². The Bertz CT molecular complexity index is 178. The molecule has 0 nitrogen and oxygen atoms in total. The van der Waals surface area contributed by atoms with Gasteiger partial charge in [0.25, 0.3) is 0 Å². The van der Waals surface area contributed by atoms with Crippen LogP contribution in [0.4, 0.5) is 0 Å². The van der Waals surface area contributed by atoms with Crippen molar-refractivity contribution in [2.45, 2.75) is 89.7 Å². The highest BCUT2D eigenvalue weighted by Crippen LogP contribution is 2.27. The molecule has 0 radical (unpaired) electrons. The summed E-state index contributed by atoms with van der Waals surface area (Å²) in [6, 6.07) is 0. The lowest BCUT2D eigenvalue weighted by Gasteiger charge is -2.18. The second-order valence-electron chi connectivity index (χ2n) is 5.73. The minimum Gasteiger partial charge on any atom is -0.0888 e. The molecule has 0 bridgehead atoms. The molecular weight excluding hydrogens is 203 g/mol. The van der Waals surface area contributed by atoms with Crippen LogP contribution in [-0.2, 0) is 0 Å². The Morgan fingerprint density at radius 1 is 0.941 bits per heavy atom. The van der Waals surface area contributed by atoms with E-state index in [0.717, 1.165) is 5.82 Å². The molecule has 98 valence electrons. The standard InChI is InChI=1S/C16H31B/c1-2-3-4-5-9-12-15-17-16-13-10-7-6-8-11-14-16/h3-4,16-17H,2,5-15H2,1H3/b4-3-. The molecule has 0 atom stereocenters. The molecule has 0 aliphatic heterocycles. The van der Waals surface area contributed by atoms with Crippen LogP contribution >= 0.6 is 0 Å². The van der Waals surface area contributed by atoms with Crippen molar-refractivity contribution in [1.29, 1.82) is 0 Å². The number of rotatable bonds is 7. The maximum atomic E-state index is 2.36. The predicted molar refractivity (Wildman–Crippen MR) is 81.3 cm³/mol. The predicted octanol–water partition coefficient (Wildman–Crippen LogP) is 5.51. The molecule has 0 aromatic rings. The van der Waals surface area contributed by atoms with E-state index in [1.807, 2.05) is 0 Å². The van der Waals surface area contributed by atoms with Crippen molar-refractivity contribution in [1.82, 2.24) is 0 Å². The van der Waals surface area contributed by atoms with Gasteiger partial charge in [-0.05, 0) is 12.8 Å². The SMILES string of the molecule is CC/C=C\CCCCBC1CCCCCCC1. The second-order valence-corrected chi connectivity index (χ2v) is 5.73. The van der Waals surface area contributed by atoms with Crippen LogP contribution in [0.3, 0.4) is 0 Å². The molecule has 0 unspecified atom stereocenters. The number of hydrogen-bond acceptors (Lipinski definition) is 0. The van der Waals surface area contributed by atoms with E-state index in [2.05, 4.69) is 19.1 Å². The lowest BCUT2D eigenvalue weighted by atomic mass is 9.57. The van der Waals surface area contributed by atoms with Gasteiger partial charge in [0.05, 0.1) is 0 Å². The zero-order chi connectivity index (χ0) is 12.2. The highest BCUT2D eigenvalue weighted by Gasteiger charge is 2.11. The lowest BCUT2D eigenvalue weighted by Crippen LogP contribution is -2.06. The third-order valence-electron chi connectivity index (χ3n) is 4.11. The number of unbranched alkanes of at least 4 members (excludes halogenated alkanes) is 2. The highest BCUT2D eigenvalue weighted by molar-refractivity contribution is 6.37. The molecule has 1 saturated carbocycles. The van der Waals surface area contributed by atoms with Gasteiger partial charge in [0, 0.05) is 0 Å². The molecule has 17 heavy (non-hydrogen) atoms. The van der Waals surface area contributed by atoms with E-state index < -0.39 is 0 Å². The topological polar surface area (TPSA) is 0 Å². The normalized spacial score (nSPS) is 19.1. The van der Waals surface area contributed by atoms with E-state index in [-0.39, 0.29) is 0 Å². The maximum absolute atomic E-state index is 2.36. The third-order valence-corrected chi connectivity index (χ3v) is 4.11. The molecule has 0 spiro atoms. The van der Waals surface area contributed by atoms with Gasteiger partial charge < -0.3 is 0 Å². The molecule has 0 aromatic carbocycles. The summed E-state index contributed by atoms with van der Waals surface area (Å²) in [5.74, 6) is 1.07. The largest absolute Gasteiger partial charge is 0.124 e. The average Bonchev–Trinajstić information content (AvgIpc) is 2.30. The van der Waals surface area contributed by atoms with E-state index in [1.54, 1.807) is 0 Å². The van der Waals surface area contributed by atoms with Crippen LogP contribution in [0.5, 0.6) is 0 Å². The van der Waals surface area contributed by atoms with Crippen molar-refractivity contribution in [3.63, 3.8) is 0 Å². The van der Waals surface area contributed by atoms with Gasteiger partial charge in [0.2, 0.25) is 0 Å². The molecule has 1 aliphatic rings. The quantitative estimate of drug-likeness (QED) is 0.309. The fraction of sp³-hybridized carbons (Fsp3) is 0.875. The fourth-order valence-electron chi connectivity index (χ4n) is 2.99. The number of allylic oxidation sites excluding steroid dienone is 2. The van der Waals surface area contributed by atoms with Gasteiger partial charge in [-0.3, -0.25) is 0 Å². The van der Waals surface area contributed by atoms with Gasteiger partial charge in [-0.25, -0.2) is 0 Å². The van der Waals surface area contributed by atoms with Crippen molar-refractivity contribution in [2.24, 2.45) is 0 Å². The van der Waals surface area contributed by atoms with Crippen LogP contribution in [0.2, 0.25) is 12.1 Å². The minimum atomic E-state index is 1.07. The Labute approximate surface area is 110 Å². The molecule has 1 fully saturated rings. The first-order valence-corrected chi connectivity index (χ1v) is 8.08. The molecular formula is C16H31B. The Kier molecular flexibility index (Phi) is 9.55. The smallest absolute Gasteiger partial charge is 0.0888 e. The van der Waals surface area contributed by atoms with Crippen LogP contribution in [-0.4, -0.2) is 7.28 Å². The summed E-state index contributed by atoms with van der Waals surface area (Å²) in [5, 5.41) is 0. The van der Waals surface area contributed by atoms with E-state index in [9.17, 15) is 0 Å². The molecule has 0 heterocycles. The van der Waals surface area contributed by atoms with Crippen LogP contribution in [0.15, 0.2) is 12.2 Å². The first-order chi connectivity index (χ1) is 8.43. The fourth-order valence-corrected chi connectivity index (χ4v) is 2.99. The van der Waals surface area contributed by atoms with Crippen molar-refractivity contribution in [3.8, 4) is 0 Å². The zero-order valence-electron chi connectivity index (χ0n) is 11.9. The van der Waals surface area contributed by atoms with E-state index >= 15 is 0 Å². The van der Waals surface area contributed by atoms with Crippen LogP contribution in [0.25, 0.3) is 0 Å². The van der Waals surface area contributed by atoms with Crippen molar-refractivity contribution >= 4 is 7.28 Å². The molecule has 0 amide bonds. The minimum absolute atomic E-state index is 1.07. The summed E-state index contributed by atoms with van der Waals surface area (Å²) in [6.07, 6.45) is 22.0. The summed E-state index contributed by atoms with van der Waals surface area (Å²) in [7, 11) is 1.51. The van der Waals surface area contributed by atoms with Crippen molar-refractivity contribution in [3.05, 3.63) is 12.2 Å². The molecule has 1 heteroatoms. The van der Waals surface area contributed by atoms with Crippen LogP contribution < -0.4 is 0 Å². The summed E-state index contributed by atoms with van der Waals surface area (Å²) in [6.45, 7) is 2.21. The Balaban J connectivity index is 1.95. The van der Waals surface area contributed by atoms with E-state index in [1.165, 1.54) is 84.2 Å².